The van der Waals surface area contributed by atoms with Crippen LogP contribution in [-0.2, 0) is 33.5 Å². The van der Waals surface area contributed by atoms with Crippen LogP contribution in [0.4, 0.5) is 5.13 Å². The van der Waals surface area contributed by atoms with Crippen LogP contribution < -0.4 is 16.4 Å². The van der Waals surface area contributed by atoms with Crippen LogP contribution in [0.15, 0.2) is 21.8 Å². The molecule has 0 unspecified atom stereocenters. The molecule has 4 heterocycles. The second-order valence-electron chi connectivity index (χ2n) is 7.58. The molecule has 3 atom stereocenters. The van der Waals surface area contributed by atoms with Gasteiger partial charge in [0.1, 0.15) is 29.4 Å². The molecule has 16 heteroatoms. The maximum Gasteiger partial charge on any atom is 0.352 e. The normalized spacial score (nSPS) is 23.9. The molecule has 2 saturated heterocycles. The number of amides is 3. The summed E-state index contributed by atoms with van der Waals surface area (Å²) in [5.74, 6) is -3.58. The Hall–Kier alpha value is -3.66. The summed E-state index contributed by atoms with van der Waals surface area (Å²) in [4.78, 5) is 70.9. The predicted octanol–water partition coefficient (Wildman–Crippen LogP) is -1.36. The number of nitrogen functional groups attached to an aromatic ring is 1. The number of nitrogens with zero attached hydrogens (tertiary/aromatic N) is 3. The average molecular weight is 525 g/mol. The minimum atomic E-state index is -1.35. The molecule has 3 aliphatic heterocycles. The Labute approximate surface area is 205 Å². The standard InChI is InChI=1S/C19H20N6O8S2/c1-7(26)32-4-8-5-34-17-12(16(29)25(17)13(8)18(30)31)23-15(28)11(9-6-35-19(20)22-9)24-33-10-2-3-21-14(10)27/h6,10,12,17H,2-5H2,1H3,(H2,20,22)(H,21,27)(H,23,28)(H,30,31)/t10-,12+,17-/m0/s1. The third-order valence-corrected chi connectivity index (χ3v) is 7.25. The highest BCUT2D eigenvalue weighted by Crippen LogP contribution is 2.40. The lowest BCUT2D eigenvalue weighted by atomic mass is 10.0. The van der Waals surface area contributed by atoms with Crippen LogP contribution >= 0.6 is 23.1 Å². The van der Waals surface area contributed by atoms with Gasteiger partial charge in [-0.05, 0) is 0 Å². The highest BCUT2D eigenvalue weighted by atomic mass is 32.2. The molecule has 2 fully saturated rings. The molecule has 186 valence electrons. The number of esters is 1. The van der Waals surface area contributed by atoms with Gasteiger partial charge in [-0.15, -0.1) is 23.1 Å². The summed E-state index contributed by atoms with van der Waals surface area (Å²) in [6, 6.07) is -1.05. The second-order valence-corrected chi connectivity index (χ2v) is 9.58. The van der Waals surface area contributed by atoms with Crippen LogP contribution in [0.2, 0.25) is 0 Å². The van der Waals surface area contributed by atoms with Crippen molar-refractivity contribution < 1.29 is 38.7 Å². The summed E-state index contributed by atoms with van der Waals surface area (Å²) in [6.07, 6.45) is -0.506. The van der Waals surface area contributed by atoms with E-state index in [-0.39, 0.29) is 46.1 Å². The summed E-state index contributed by atoms with van der Waals surface area (Å²) in [7, 11) is 0. The highest BCUT2D eigenvalue weighted by Gasteiger charge is 2.54. The van der Waals surface area contributed by atoms with Crippen LogP contribution in [0, 0.1) is 0 Å². The molecule has 35 heavy (non-hydrogen) atoms. The number of thiazole rings is 1. The Bertz CT molecular complexity index is 1160. The number of carbonyl (C=O) groups excluding carboxylic acids is 4. The Morgan fingerprint density at radius 3 is 2.77 bits per heavy atom. The number of carboxylic acids is 1. The van der Waals surface area contributed by atoms with Crippen LogP contribution in [0.5, 0.6) is 0 Å². The minimum absolute atomic E-state index is 0.0955. The van der Waals surface area contributed by atoms with Gasteiger partial charge < -0.3 is 31.0 Å². The highest BCUT2D eigenvalue weighted by molar-refractivity contribution is 8.00. The summed E-state index contributed by atoms with van der Waals surface area (Å²) in [5.41, 5.74) is 5.47. The summed E-state index contributed by atoms with van der Waals surface area (Å²) >= 11 is 2.27. The Balaban J connectivity index is 1.51. The average Bonchev–Trinajstić information content (AvgIpc) is 3.43. The van der Waals surface area contributed by atoms with E-state index < -0.39 is 41.3 Å². The largest absolute Gasteiger partial charge is 0.477 e. The van der Waals surface area contributed by atoms with E-state index in [2.05, 4.69) is 20.8 Å². The number of oxime groups is 1. The molecule has 0 spiro atoms. The molecule has 3 amide bonds. The first-order valence-electron chi connectivity index (χ1n) is 10.2. The van der Waals surface area contributed by atoms with Gasteiger partial charge in [-0.1, -0.05) is 5.16 Å². The molecule has 0 aliphatic carbocycles. The van der Waals surface area contributed by atoms with E-state index in [1.165, 1.54) is 24.1 Å². The fourth-order valence-corrected chi connectivity index (χ4v) is 5.46. The maximum atomic E-state index is 13.1. The molecule has 14 nitrogen and oxygen atoms in total. The zero-order valence-electron chi connectivity index (χ0n) is 18.2. The first kappa shape index (κ1) is 24.5. The number of hydrogen-bond donors (Lipinski definition) is 4. The number of carboxylic acid groups (broad SMARTS) is 1. The molecular weight excluding hydrogens is 504 g/mol. The molecular formula is C19H20N6O8S2. The number of aliphatic carboxylic acids is 1. The van der Waals surface area contributed by atoms with Gasteiger partial charge in [0.05, 0.1) is 0 Å². The monoisotopic (exact) mass is 524 g/mol. The van der Waals surface area contributed by atoms with E-state index in [9.17, 15) is 29.1 Å². The number of nitrogens with one attached hydrogen (secondary N) is 2. The maximum absolute atomic E-state index is 13.1. The number of β-lactam (4-membered cyclic amide) rings is 1. The number of rotatable bonds is 8. The van der Waals surface area contributed by atoms with Crippen molar-refractivity contribution in [3.63, 3.8) is 0 Å². The fraction of sp³-hybridized carbons (Fsp3) is 0.421. The lowest BCUT2D eigenvalue weighted by Crippen LogP contribution is -2.71. The molecule has 0 aromatic carbocycles. The third-order valence-electron chi connectivity index (χ3n) is 5.24. The van der Waals surface area contributed by atoms with Crippen molar-refractivity contribution in [3.8, 4) is 0 Å². The van der Waals surface area contributed by atoms with Crippen molar-refractivity contribution in [2.75, 3.05) is 24.6 Å². The number of anilines is 1. The van der Waals surface area contributed by atoms with E-state index in [1.807, 2.05) is 0 Å². The number of thioether (sulfide) groups is 1. The number of hydrogen-bond acceptors (Lipinski definition) is 12. The lowest BCUT2D eigenvalue weighted by molar-refractivity contribution is -0.150. The summed E-state index contributed by atoms with van der Waals surface area (Å²) < 4.78 is 4.90. The van der Waals surface area contributed by atoms with Crippen LogP contribution in [-0.4, -0.2) is 86.8 Å². The van der Waals surface area contributed by atoms with E-state index in [0.29, 0.717) is 13.0 Å². The van der Waals surface area contributed by atoms with Crippen molar-refractivity contribution in [3.05, 3.63) is 22.3 Å². The molecule has 0 saturated carbocycles. The van der Waals surface area contributed by atoms with Crippen LogP contribution in [0.1, 0.15) is 19.0 Å². The smallest absolute Gasteiger partial charge is 0.352 e. The molecule has 3 aliphatic rings. The molecule has 1 aromatic rings. The molecule has 1 aromatic heterocycles. The van der Waals surface area contributed by atoms with E-state index in [1.54, 1.807) is 0 Å². The molecule has 5 N–H and O–H groups in total. The predicted molar refractivity (Wildman–Crippen MR) is 122 cm³/mol. The Morgan fingerprint density at radius 2 is 2.17 bits per heavy atom. The number of fused-ring (bicyclic) bond motifs is 1. The summed E-state index contributed by atoms with van der Waals surface area (Å²) in [5, 5.41) is 19.5. The van der Waals surface area contributed by atoms with Crippen molar-refractivity contribution in [2.24, 2.45) is 5.16 Å². The first-order valence-corrected chi connectivity index (χ1v) is 12.2. The zero-order valence-corrected chi connectivity index (χ0v) is 19.8. The molecule has 0 bridgehead atoms. The van der Waals surface area contributed by atoms with E-state index >= 15 is 0 Å². The lowest BCUT2D eigenvalue weighted by Gasteiger charge is -2.49. The number of aromatic nitrogens is 1. The van der Waals surface area contributed by atoms with Gasteiger partial charge in [-0.2, -0.15) is 0 Å². The van der Waals surface area contributed by atoms with Gasteiger partial charge in [-0.3, -0.25) is 24.1 Å². The fourth-order valence-electron chi connectivity index (χ4n) is 3.58. The van der Waals surface area contributed by atoms with Gasteiger partial charge in [0.2, 0.25) is 6.10 Å². The third kappa shape index (κ3) is 4.93. The van der Waals surface area contributed by atoms with Crippen molar-refractivity contribution in [1.29, 1.82) is 0 Å². The molecule has 0 radical (unpaired) electrons. The van der Waals surface area contributed by atoms with E-state index in [0.717, 1.165) is 16.2 Å². The SMILES string of the molecule is CC(=O)OCC1=C(C(=O)O)N2C(=O)[C@@H](NC(=O)C(=NO[C@H]3CCNC3=O)c3csc(N)n3)[C@@H]2SC1. The topological polar surface area (TPSA) is 203 Å². The Morgan fingerprint density at radius 1 is 1.40 bits per heavy atom. The van der Waals surface area contributed by atoms with Crippen LogP contribution in [0.3, 0.4) is 0 Å². The van der Waals surface area contributed by atoms with Crippen molar-refractivity contribution in [2.45, 2.75) is 30.9 Å². The van der Waals surface area contributed by atoms with E-state index in [4.69, 9.17) is 15.3 Å². The van der Waals surface area contributed by atoms with Gasteiger partial charge >= 0.3 is 11.9 Å². The van der Waals surface area contributed by atoms with Gasteiger partial charge in [0, 0.05) is 36.6 Å². The number of ether oxygens (including phenoxy) is 1. The van der Waals surface area contributed by atoms with Crippen LogP contribution in [0.25, 0.3) is 0 Å². The van der Waals surface area contributed by atoms with Crippen molar-refractivity contribution in [1.82, 2.24) is 20.5 Å². The van der Waals surface area contributed by atoms with Gasteiger partial charge in [0.15, 0.2) is 10.8 Å². The Kier molecular flexibility index (Phi) is 6.93. The van der Waals surface area contributed by atoms with Gasteiger partial charge in [-0.25, -0.2) is 9.78 Å². The van der Waals surface area contributed by atoms with Gasteiger partial charge in [0.25, 0.3) is 17.7 Å². The quantitative estimate of drug-likeness (QED) is 0.135. The summed E-state index contributed by atoms with van der Waals surface area (Å²) in [6.45, 7) is 1.35. The minimum Gasteiger partial charge on any atom is -0.477 e. The first-order chi connectivity index (χ1) is 16.7. The number of carbonyl (C=O) groups is 5. The second kappa shape index (κ2) is 9.91. The molecule has 4 rings (SSSR count). The number of nitrogens with two attached hydrogens (primary N) is 1. The van der Waals surface area contributed by atoms with Crippen molar-refractivity contribution >= 4 is 63.6 Å². The zero-order chi connectivity index (χ0) is 25.3.